The van der Waals surface area contributed by atoms with Crippen LogP contribution < -0.4 is 15.2 Å². The highest BCUT2D eigenvalue weighted by atomic mass is 16.5. The van der Waals surface area contributed by atoms with Crippen LogP contribution in [0.4, 0.5) is 5.69 Å². The first kappa shape index (κ1) is 21.8. The van der Waals surface area contributed by atoms with Gasteiger partial charge < -0.3 is 23.8 Å². The number of aromatic nitrogens is 2. The molecule has 1 aromatic carbocycles. The Morgan fingerprint density at radius 2 is 1.78 bits per heavy atom. The zero-order valence-electron chi connectivity index (χ0n) is 18.7. The summed E-state index contributed by atoms with van der Waals surface area (Å²) in [5.74, 6) is 0.737. The minimum absolute atomic E-state index is 0.0852. The smallest absolute Gasteiger partial charge is 0.260 e. The maximum atomic E-state index is 13.3. The first-order valence-corrected chi connectivity index (χ1v) is 10.7. The van der Waals surface area contributed by atoms with Crippen LogP contribution in [0.15, 0.2) is 47.4 Å². The molecule has 2 aromatic heterocycles. The number of amides is 1. The van der Waals surface area contributed by atoms with E-state index in [-0.39, 0.29) is 11.5 Å². The van der Waals surface area contributed by atoms with E-state index < -0.39 is 0 Å². The number of fused-ring (bicyclic) bond motifs is 1. The Kier molecular flexibility index (Phi) is 6.41. The molecule has 0 unspecified atom stereocenters. The van der Waals surface area contributed by atoms with E-state index in [2.05, 4.69) is 9.88 Å². The second-order valence-electron chi connectivity index (χ2n) is 7.84. The number of rotatable bonds is 6. The van der Waals surface area contributed by atoms with E-state index in [0.29, 0.717) is 48.4 Å². The lowest BCUT2D eigenvalue weighted by molar-refractivity contribution is 0.0745. The maximum Gasteiger partial charge on any atom is 0.260 e. The summed E-state index contributed by atoms with van der Waals surface area (Å²) in [5.41, 5.74) is 2.66. The average Bonchev–Trinajstić information content (AvgIpc) is 2.83. The molecule has 8 nitrogen and oxygen atoms in total. The summed E-state index contributed by atoms with van der Waals surface area (Å²) in [6.07, 6.45) is 1.72. The molecule has 3 aromatic rings. The van der Waals surface area contributed by atoms with Gasteiger partial charge in [-0.3, -0.25) is 14.6 Å². The largest absolute Gasteiger partial charge is 0.497 e. The number of anilines is 1. The molecule has 0 bridgehead atoms. The lowest BCUT2D eigenvalue weighted by Crippen LogP contribution is -2.49. The predicted molar refractivity (Wildman–Crippen MR) is 124 cm³/mol. The minimum atomic E-state index is -0.162. The van der Waals surface area contributed by atoms with Crippen LogP contribution in [0.1, 0.15) is 16.1 Å². The number of aryl methyl sites for hydroxylation is 1. The number of carbonyl (C=O) groups is 1. The Morgan fingerprint density at radius 1 is 1.06 bits per heavy atom. The molecule has 4 rings (SSSR count). The van der Waals surface area contributed by atoms with Gasteiger partial charge in [0.15, 0.2) is 0 Å². The molecule has 0 N–H and O–H groups in total. The van der Waals surface area contributed by atoms with E-state index in [1.165, 1.54) is 0 Å². The van der Waals surface area contributed by atoms with Crippen molar-refractivity contribution < 1.29 is 14.3 Å². The molecule has 8 heteroatoms. The summed E-state index contributed by atoms with van der Waals surface area (Å²) in [6, 6.07) is 11.4. The number of pyridine rings is 2. The Morgan fingerprint density at radius 3 is 2.44 bits per heavy atom. The van der Waals surface area contributed by atoms with Crippen LogP contribution in [0.25, 0.3) is 10.9 Å². The zero-order chi connectivity index (χ0) is 22.7. The summed E-state index contributed by atoms with van der Waals surface area (Å²) in [5, 5.41) is 0.453. The summed E-state index contributed by atoms with van der Waals surface area (Å²) in [6.45, 7) is 5.40. The van der Waals surface area contributed by atoms with Gasteiger partial charge in [0.1, 0.15) is 5.75 Å². The summed E-state index contributed by atoms with van der Waals surface area (Å²) in [4.78, 5) is 34.8. The Hall–Kier alpha value is -3.39. The van der Waals surface area contributed by atoms with Crippen LogP contribution in [0.2, 0.25) is 0 Å². The fourth-order valence-electron chi connectivity index (χ4n) is 4.02. The monoisotopic (exact) mass is 436 g/mol. The minimum Gasteiger partial charge on any atom is -0.497 e. The van der Waals surface area contributed by atoms with E-state index in [9.17, 15) is 9.59 Å². The first-order valence-electron chi connectivity index (χ1n) is 10.7. The summed E-state index contributed by atoms with van der Waals surface area (Å²) in [7, 11) is 3.25. The molecule has 0 radical (unpaired) electrons. The van der Waals surface area contributed by atoms with Crippen LogP contribution in [0.3, 0.4) is 0 Å². The SMILES string of the molecule is COCCn1ccc2nc(C)c(C(=O)N3CCN(c4ccc(OC)cc4)CC3)cc2c1=O. The predicted octanol–water partition coefficient (Wildman–Crippen LogP) is 2.32. The molecular weight excluding hydrogens is 408 g/mol. The number of piperazine rings is 1. The molecule has 0 atom stereocenters. The van der Waals surface area contributed by atoms with Crippen molar-refractivity contribution in [3.63, 3.8) is 0 Å². The van der Waals surface area contributed by atoms with Crippen LogP contribution in [-0.2, 0) is 11.3 Å². The quantitative estimate of drug-likeness (QED) is 0.590. The highest BCUT2D eigenvalue weighted by molar-refractivity contribution is 5.98. The van der Waals surface area contributed by atoms with Crippen LogP contribution >= 0.6 is 0 Å². The van der Waals surface area contributed by atoms with E-state index in [1.54, 1.807) is 37.1 Å². The summed E-state index contributed by atoms with van der Waals surface area (Å²) >= 11 is 0. The second-order valence-corrected chi connectivity index (χ2v) is 7.84. The lowest BCUT2D eigenvalue weighted by atomic mass is 10.1. The molecule has 1 aliphatic rings. The molecule has 32 heavy (non-hydrogen) atoms. The summed E-state index contributed by atoms with van der Waals surface area (Å²) < 4.78 is 11.9. The normalized spacial score (nSPS) is 14.1. The molecule has 168 valence electrons. The highest BCUT2D eigenvalue weighted by Gasteiger charge is 2.24. The third-order valence-electron chi connectivity index (χ3n) is 5.92. The van der Waals surface area contributed by atoms with Gasteiger partial charge in [-0.1, -0.05) is 0 Å². The first-order chi connectivity index (χ1) is 15.5. The average molecular weight is 437 g/mol. The molecule has 0 saturated carbocycles. The van der Waals surface area contributed by atoms with Crippen molar-refractivity contribution in [1.29, 1.82) is 0 Å². The van der Waals surface area contributed by atoms with Crippen molar-refractivity contribution in [3.8, 4) is 5.75 Å². The van der Waals surface area contributed by atoms with Gasteiger partial charge in [0.05, 0.1) is 35.9 Å². The van der Waals surface area contributed by atoms with E-state index in [4.69, 9.17) is 9.47 Å². The highest BCUT2D eigenvalue weighted by Crippen LogP contribution is 2.22. The maximum absolute atomic E-state index is 13.3. The molecule has 1 saturated heterocycles. The van der Waals surface area contributed by atoms with Gasteiger partial charge in [0, 0.05) is 51.7 Å². The van der Waals surface area contributed by atoms with E-state index >= 15 is 0 Å². The van der Waals surface area contributed by atoms with E-state index in [0.717, 1.165) is 24.5 Å². The van der Waals surface area contributed by atoms with E-state index in [1.807, 2.05) is 36.1 Å². The second kappa shape index (κ2) is 9.40. The third kappa shape index (κ3) is 4.31. The van der Waals surface area contributed by atoms with Crippen molar-refractivity contribution in [2.24, 2.45) is 0 Å². The Labute approximate surface area is 187 Å². The van der Waals surface area contributed by atoms with Crippen LogP contribution in [0.5, 0.6) is 5.75 Å². The van der Waals surface area contributed by atoms with Gasteiger partial charge in [-0.25, -0.2) is 0 Å². The van der Waals surface area contributed by atoms with Gasteiger partial charge in [-0.15, -0.1) is 0 Å². The van der Waals surface area contributed by atoms with Crippen molar-refractivity contribution in [1.82, 2.24) is 14.5 Å². The number of ether oxygens (including phenoxy) is 2. The third-order valence-corrected chi connectivity index (χ3v) is 5.92. The molecule has 0 spiro atoms. The van der Waals surface area contributed by atoms with Gasteiger partial charge in [-0.2, -0.15) is 0 Å². The van der Waals surface area contributed by atoms with Crippen LogP contribution in [0, 0.1) is 6.92 Å². The number of benzene rings is 1. The number of carbonyl (C=O) groups excluding carboxylic acids is 1. The lowest BCUT2D eigenvalue weighted by Gasteiger charge is -2.36. The van der Waals surface area contributed by atoms with Crippen molar-refractivity contribution >= 4 is 22.5 Å². The zero-order valence-corrected chi connectivity index (χ0v) is 18.7. The van der Waals surface area contributed by atoms with Gasteiger partial charge in [-0.05, 0) is 43.3 Å². The fourth-order valence-corrected chi connectivity index (χ4v) is 4.02. The molecule has 3 heterocycles. The molecule has 1 fully saturated rings. The standard InChI is InChI=1S/C24H28N4O4/c1-17-20(16-21-22(25-17)8-9-27(24(21)30)14-15-31-2)23(29)28-12-10-26(11-13-28)18-4-6-19(32-3)7-5-18/h4-9,16H,10-15H2,1-3H3. The number of hydrogen-bond acceptors (Lipinski definition) is 6. The number of methoxy groups -OCH3 is 2. The van der Waals surface area contributed by atoms with Gasteiger partial charge in [0.2, 0.25) is 0 Å². The van der Waals surface area contributed by atoms with Crippen molar-refractivity contribution in [3.05, 3.63) is 64.2 Å². The fraction of sp³-hybridized carbons (Fsp3) is 0.375. The number of hydrogen-bond donors (Lipinski definition) is 0. The van der Waals surface area contributed by atoms with Gasteiger partial charge >= 0.3 is 0 Å². The molecule has 0 aliphatic carbocycles. The van der Waals surface area contributed by atoms with Gasteiger partial charge in [0.25, 0.3) is 11.5 Å². The topological polar surface area (TPSA) is 76.9 Å². The van der Waals surface area contributed by atoms with Crippen molar-refractivity contribution in [2.75, 3.05) is 51.9 Å². The molecule has 1 aliphatic heterocycles. The number of nitrogens with zero attached hydrogens (tertiary/aromatic N) is 4. The molecule has 1 amide bonds. The Balaban J connectivity index is 1.52. The van der Waals surface area contributed by atoms with Crippen molar-refractivity contribution in [2.45, 2.75) is 13.5 Å². The molecular formula is C24H28N4O4. The Bertz CT molecular complexity index is 1170. The van der Waals surface area contributed by atoms with Crippen LogP contribution in [-0.4, -0.2) is 67.4 Å².